The molecule has 2 aromatic rings. The van der Waals surface area contributed by atoms with Crippen LogP contribution in [0.3, 0.4) is 0 Å². The normalized spacial score (nSPS) is 19.5. The number of halogens is 1. The van der Waals surface area contributed by atoms with Gasteiger partial charge in [-0.1, -0.05) is 34.1 Å². The maximum absolute atomic E-state index is 5.71. The van der Waals surface area contributed by atoms with Gasteiger partial charge in [0.25, 0.3) is 0 Å². The Bertz CT molecular complexity index is 552. The monoisotopic (exact) mass is 338 g/mol. The summed E-state index contributed by atoms with van der Waals surface area (Å²) >= 11 is 5.26. The van der Waals surface area contributed by atoms with Crippen LogP contribution in [-0.2, 0) is 11.2 Å². The smallest absolute Gasteiger partial charge is 0.124 e. The van der Waals surface area contributed by atoms with Gasteiger partial charge in [-0.15, -0.1) is 11.3 Å². The van der Waals surface area contributed by atoms with E-state index in [4.69, 9.17) is 9.72 Å². The molecule has 1 aliphatic heterocycles. The third-order valence-electron chi connectivity index (χ3n) is 3.10. The summed E-state index contributed by atoms with van der Waals surface area (Å²) in [6.45, 7) is 2.67. The molecule has 0 aliphatic carbocycles. The van der Waals surface area contributed by atoms with Gasteiger partial charge in [-0.3, -0.25) is 0 Å². The Morgan fingerprint density at radius 2 is 2.32 bits per heavy atom. The lowest BCUT2D eigenvalue weighted by molar-refractivity contribution is 0.0287. The fraction of sp³-hybridized carbons (Fsp3) is 0.357. The van der Waals surface area contributed by atoms with Gasteiger partial charge in [0, 0.05) is 34.9 Å². The van der Waals surface area contributed by atoms with E-state index in [9.17, 15) is 0 Å². The van der Waals surface area contributed by atoms with Crippen molar-refractivity contribution in [2.75, 3.05) is 19.7 Å². The van der Waals surface area contributed by atoms with Crippen molar-refractivity contribution in [2.24, 2.45) is 0 Å². The van der Waals surface area contributed by atoms with E-state index >= 15 is 0 Å². The van der Waals surface area contributed by atoms with Crippen LogP contribution in [0.5, 0.6) is 0 Å². The topological polar surface area (TPSA) is 34.2 Å². The largest absolute Gasteiger partial charge is 0.375 e. The highest BCUT2D eigenvalue weighted by atomic mass is 79.9. The first-order chi connectivity index (χ1) is 9.33. The van der Waals surface area contributed by atoms with Crippen molar-refractivity contribution >= 4 is 27.3 Å². The fourth-order valence-corrected chi connectivity index (χ4v) is 3.62. The van der Waals surface area contributed by atoms with Gasteiger partial charge in [-0.25, -0.2) is 4.98 Å². The van der Waals surface area contributed by atoms with Crippen LogP contribution in [0.1, 0.15) is 5.69 Å². The Kier molecular flexibility index (Phi) is 4.28. The van der Waals surface area contributed by atoms with Crippen LogP contribution in [0.4, 0.5) is 0 Å². The molecule has 0 saturated carbocycles. The molecule has 3 rings (SSSR count). The van der Waals surface area contributed by atoms with Gasteiger partial charge in [-0.2, -0.15) is 0 Å². The molecule has 1 aromatic carbocycles. The molecule has 19 heavy (non-hydrogen) atoms. The third-order valence-corrected chi connectivity index (χ3v) is 4.71. The van der Waals surface area contributed by atoms with Crippen molar-refractivity contribution in [3.63, 3.8) is 0 Å². The standard InChI is InChI=1S/C14H15BrN2OS/c15-13-4-2-1-3-12(13)14-17-10(9-19-14)7-11-8-16-5-6-18-11/h1-4,9,11,16H,5-8H2. The van der Waals surface area contributed by atoms with Crippen molar-refractivity contribution in [3.8, 4) is 10.6 Å². The second-order valence-electron chi connectivity index (χ2n) is 4.52. The molecule has 1 aromatic heterocycles. The van der Waals surface area contributed by atoms with E-state index in [1.807, 2.05) is 18.2 Å². The third kappa shape index (κ3) is 3.23. The van der Waals surface area contributed by atoms with E-state index in [1.54, 1.807) is 11.3 Å². The molecule has 1 atom stereocenters. The predicted octanol–water partition coefficient (Wildman–Crippen LogP) is 3.10. The van der Waals surface area contributed by atoms with Crippen LogP contribution in [-0.4, -0.2) is 30.8 Å². The minimum atomic E-state index is 0.253. The van der Waals surface area contributed by atoms with Crippen LogP contribution in [0.15, 0.2) is 34.1 Å². The number of aromatic nitrogens is 1. The minimum Gasteiger partial charge on any atom is -0.375 e. The summed E-state index contributed by atoms with van der Waals surface area (Å²) in [6.07, 6.45) is 1.14. The van der Waals surface area contributed by atoms with Crippen LogP contribution in [0.2, 0.25) is 0 Å². The van der Waals surface area contributed by atoms with Gasteiger partial charge >= 0.3 is 0 Å². The quantitative estimate of drug-likeness (QED) is 0.933. The predicted molar refractivity (Wildman–Crippen MR) is 81.6 cm³/mol. The Morgan fingerprint density at radius 1 is 1.42 bits per heavy atom. The van der Waals surface area contributed by atoms with Gasteiger partial charge in [0.05, 0.1) is 18.4 Å². The highest BCUT2D eigenvalue weighted by molar-refractivity contribution is 9.10. The van der Waals surface area contributed by atoms with Crippen LogP contribution in [0, 0.1) is 0 Å². The molecule has 5 heteroatoms. The number of morpholine rings is 1. The Labute approximate surface area is 125 Å². The van der Waals surface area contributed by atoms with Crippen molar-refractivity contribution in [3.05, 3.63) is 39.8 Å². The SMILES string of the molecule is Brc1ccccc1-c1nc(CC2CNCCO2)cs1. The summed E-state index contributed by atoms with van der Waals surface area (Å²) in [7, 11) is 0. The lowest BCUT2D eigenvalue weighted by atomic mass is 10.2. The molecule has 3 nitrogen and oxygen atoms in total. The second-order valence-corrected chi connectivity index (χ2v) is 6.24. The summed E-state index contributed by atoms with van der Waals surface area (Å²) in [5.74, 6) is 0. The summed E-state index contributed by atoms with van der Waals surface area (Å²) in [6, 6.07) is 8.19. The number of hydrogen-bond donors (Lipinski definition) is 1. The van der Waals surface area contributed by atoms with Crippen molar-refractivity contribution in [1.29, 1.82) is 0 Å². The molecule has 1 aliphatic rings. The summed E-state index contributed by atoms with van der Waals surface area (Å²) in [5.41, 5.74) is 2.27. The van der Waals surface area contributed by atoms with Gasteiger partial charge in [0.1, 0.15) is 5.01 Å². The zero-order valence-corrected chi connectivity index (χ0v) is 12.8. The molecule has 0 bridgehead atoms. The molecule has 1 fully saturated rings. The number of hydrogen-bond acceptors (Lipinski definition) is 4. The number of thiazole rings is 1. The zero-order chi connectivity index (χ0) is 13.1. The molecule has 0 radical (unpaired) electrons. The molecule has 1 unspecified atom stereocenters. The first-order valence-corrected chi connectivity index (χ1v) is 8.02. The first kappa shape index (κ1) is 13.2. The molecule has 0 amide bonds. The maximum atomic E-state index is 5.71. The van der Waals surface area contributed by atoms with E-state index in [-0.39, 0.29) is 6.10 Å². The Hall–Kier alpha value is -0.750. The maximum Gasteiger partial charge on any atom is 0.124 e. The van der Waals surface area contributed by atoms with E-state index in [0.29, 0.717) is 0 Å². The van der Waals surface area contributed by atoms with E-state index < -0.39 is 0 Å². The van der Waals surface area contributed by atoms with Crippen LogP contribution >= 0.6 is 27.3 Å². The van der Waals surface area contributed by atoms with Crippen molar-refractivity contribution in [2.45, 2.75) is 12.5 Å². The molecule has 1 saturated heterocycles. The number of nitrogens with one attached hydrogen (secondary N) is 1. The highest BCUT2D eigenvalue weighted by Gasteiger charge is 2.16. The van der Waals surface area contributed by atoms with Crippen molar-refractivity contribution < 1.29 is 4.74 Å². The van der Waals surface area contributed by atoms with Gasteiger partial charge in [0.2, 0.25) is 0 Å². The number of nitrogens with zero attached hydrogens (tertiary/aromatic N) is 1. The van der Waals surface area contributed by atoms with Crippen LogP contribution in [0.25, 0.3) is 10.6 Å². The Morgan fingerprint density at radius 3 is 3.11 bits per heavy atom. The number of benzene rings is 1. The average Bonchev–Trinajstić information content (AvgIpc) is 2.89. The molecule has 1 N–H and O–H groups in total. The highest BCUT2D eigenvalue weighted by Crippen LogP contribution is 2.30. The molecule has 0 spiro atoms. The molecule has 100 valence electrons. The number of rotatable bonds is 3. The summed E-state index contributed by atoms with van der Waals surface area (Å²) in [4.78, 5) is 4.72. The van der Waals surface area contributed by atoms with Crippen molar-refractivity contribution in [1.82, 2.24) is 10.3 Å². The number of ether oxygens (including phenoxy) is 1. The zero-order valence-electron chi connectivity index (χ0n) is 10.4. The lowest BCUT2D eigenvalue weighted by Crippen LogP contribution is -2.39. The van der Waals surface area contributed by atoms with E-state index in [2.05, 4.69) is 32.7 Å². The van der Waals surface area contributed by atoms with E-state index in [0.717, 1.165) is 46.9 Å². The Balaban J connectivity index is 1.74. The minimum absolute atomic E-state index is 0.253. The van der Waals surface area contributed by atoms with Gasteiger partial charge in [0.15, 0.2) is 0 Å². The van der Waals surface area contributed by atoms with Crippen LogP contribution < -0.4 is 5.32 Å². The van der Waals surface area contributed by atoms with Gasteiger partial charge < -0.3 is 10.1 Å². The summed E-state index contributed by atoms with van der Waals surface area (Å²) < 4.78 is 6.80. The summed E-state index contributed by atoms with van der Waals surface area (Å²) in [5, 5.41) is 6.54. The van der Waals surface area contributed by atoms with Gasteiger partial charge in [-0.05, 0) is 6.07 Å². The van der Waals surface area contributed by atoms with E-state index in [1.165, 1.54) is 0 Å². The molecular formula is C14H15BrN2OS. The lowest BCUT2D eigenvalue weighted by Gasteiger charge is -2.22. The average molecular weight is 339 g/mol. The molecule has 2 heterocycles. The second kappa shape index (κ2) is 6.13. The molecular weight excluding hydrogens is 324 g/mol. The fourth-order valence-electron chi connectivity index (χ4n) is 2.14. The first-order valence-electron chi connectivity index (χ1n) is 6.34.